The van der Waals surface area contributed by atoms with E-state index >= 15 is 0 Å². The average molecular weight is 324 g/mol. The number of piperidine rings is 1. The molecule has 1 heterocycles. The van der Waals surface area contributed by atoms with Crippen molar-refractivity contribution in [3.8, 4) is 0 Å². The summed E-state index contributed by atoms with van der Waals surface area (Å²) in [4.78, 5) is 2.46. The van der Waals surface area contributed by atoms with Crippen LogP contribution in [0, 0.1) is 0 Å². The van der Waals surface area contributed by atoms with Crippen LogP contribution in [0.5, 0.6) is 0 Å². The van der Waals surface area contributed by atoms with E-state index in [9.17, 15) is 0 Å². The second-order valence-corrected chi connectivity index (χ2v) is 6.72. The first kappa shape index (κ1) is 16.4. The Hall–Kier alpha value is -0.940. The van der Waals surface area contributed by atoms with Crippen LogP contribution in [0.1, 0.15) is 25.7 Å². The number of thioether (sulfide) groups is 1. The molecule has 0 unspecified atom stereocenters. The Labute approximate surface area is 137 Å². The largest absolute Gasteiger partial charge is 0.372 e. The molecule has 3 nitrogen and oxygen atoms in total. The lowest BCUT2D eigenvalue weighted by Crippen LogP contribution is -2.30. The Kier molecular flexibility index (Phi) is 7.16. The van der Waals surface area contributed by atoms with Gasteiger partial charge in [-0.15, -0.1) is 0 Å². The number of rotatable bonds is 6. The predicted octanol–water partition coefficient (Wildman–Crippen LogP) is 3.72. The van der Waals surface area contributed by atoms with E-state index < -0.39 is 0 Å². The number of hydrogen-bond acceptors (Lipinski definition) is 3. The first-order chi connectivity index (χ1) is 10.3. The zero-order valence-electron chi connectivity index (χ0n) is 12.7. The quantitative estimate of drug-likeness (QED) is 0.615. The minimum atomic E-state index is 0.710. The highest BCUT2D eigenvalue weighted by molar-refractivity contribution is 7.98. The van der Waals surface area contributed by atoms with Crippen LogP contribution in [0.25, 0.3) is 0 Å². The monoisotopic (exact) mass is 323 g/mol. The zero-order valence-corrected chi connectivity index (χ0v) is 14.4. The van der Waals surface area contributed by atoms with E-state index in [0.717, 1.165) is 18.7 Å². The molecular formula is C16H25N3S2. The molecule has 1 aromatic rings. The van der Waals surface area contributed by atoms with Crippen LogP contribution in [0.4, 0.5) is 11.4 Å². The van der Waals surface area contributed by atoms with Crippen molar-refractivity contribution in [3.05, 3.63) is 24.3 Å². The molecule has 0 amide bonds. The second-order valence-electron chi connectivity index (χ2n) is 5.32. The normalized spacial score (nSPS) is 14.8. The van der Waals surface area contributed by atoms with Crippen molar-refractivity contribution in [1.29, 1.82) is 0 Å². The molecule has 1 fully saturated rings. The molecule has 1 aromatic carbocycles. The van der Waals surface area contributed by atoms with E-state index in [1.165, 1.54) is 43.8 Å². The van der Waals surface area contributed by atoms with Gasteiger partial charge in [0, 0.05) is 31.0 Å². The van der Waals surface area contributed by atoms with Gasteiger partial charge in [-0.25, -0.2) is 0 Å². The highest BCUT2D eigenvalue weighted by Crippen LogP contribution is 2.21. The van der Waals surface area contributed by atoms with Gasteiger partial charge in [0.15, 0.2) is 5.11 Å². The maximum absolute atomic E-state index is 5.30. The van der Waals surface area contributed by atoms with Gasteiger partial charge in [-0.3, -0.25) is 0 Å². The minimum Gasteiger partial charge on any atom is -0.372 e. The highest BCUT2D eigenvalue weighted by atomic mass is 32.2. The topological polar surface area (TPSA) is 27.3 Å². The molecule has 21 heavy (non-hydrogen) atoms. The van der Waals surface area contributed by atoms with Crippen LogP contribution in [0.3, 0.4) is 0 Å². The van der Waals surface area contributed by atoms with Crippen molar-refractivity contribution in [2.75, 3.05) is 41.9 Å². The first-order valence-corrected chi connectivity index (χ1v) is 9.48. The summed E-state index contributed by atoms with van der Waals surface area (Å²) in [5, 5.41) is 7.19. The van der Waals surface area contributed by atoms with E-state index in [0.29, 0.717) is 5.11 Å². The van der Waals surface area contributed by atoms with E-state index in [1.54, 1.807) is 0 Å². The van der Waals surface area contributed by atoms with Crippen molar-refractivity contribution >= 4 is 40.5 Å². The molecule has 0 aliphatic carbocycles. The molecule has 2 rings (SSSR count). The third kappa shape index (κ3) is 5.75. The Morgan fingerprint density at radius 2 is 1.90 bits per heavy atom. The van der Waals surface area contributed by atoms with Crippen LogP contribution < -0.4 is 15.5 Å². The first-order valence-electron chi connectivity index (χ1n) is 7.68. The molecule has 2 N–H and O–H groups in total. The Morgan fingerprint density at radius 3 is 2.57 bits per heavy atom. The van der Waals surface area contributed by atoms with E-state index in [1.807, 2.05) is 11.8 Å². The molecule has 0 spiro atoms. The molecule has 1 aliphatic rings. The van der Waals surface area contributed by atoms with Gasteiger partial charge in [-0.2, -0.15) is 11.8 Å². The number of nitrogens with one attached hydrogen (secondary N) is 2. The molecule has 1 aliphatic heterocycles. The van der Waals surface area contributed by atoms with Crippen LogP contribution in [-0.2, 0) is 0 Å². The van der Waals surface area contributed by atoms with Gasteiger partial charge in [0.1, 0.15) is 0 Å². The highest BCUT2D eigenvalue weighted by Gasteiger charge is 2.10. The van der Waals surface area contributed by atoms with Gasteiger partial charge >= 0.3 is 0 Å². The summed E-state index contributed by atoms with van der Waals surface area (Å²) >= 11 is 7.17. The summed E-state index contributed by atoms with van der Waals surface area (Å²) in [6, 6.07) is 8.59. The molecular weight excluding hydrogens is 298 g/mol. The lowest BCUT2D eigenvalue weighted by atomic mass is 10.1. The number of benzene rings is 1. The summed E-state index contributed by atoms with van der Waals surface area (Å²) in [5.41, 5.74) is 2.37. The molecule has 0 radical (unpaired) electrons. The lowest BCUT2D eigenvalue weighted by Gasteiger charge is -2.28. The Morgan fingerprint density at radius 1 is 1.19 bits per heavy atom. The fourth-order valence-electron chi connectivity index (χ4n) is 2.50. The van der Waals surface area contributed by atoms with Crippen molar-refractivity contribution in [2.45, 2.75) is 25.7 Å². The Bertz CT molecular complexity index is 428. The number of thiocarbonyl (C=S) groups is 1. The van der Waals surface area contributed by atoms with Gasteiger partial charge in [-0.1, -0.05) is 0 Å². The fourth-order valence-corrected chi connectivity index (χ4v) is 3.15. The fraction of sp³-hybridized carbons (Fsp3) is 0.562. The maximum Gasteiger partial charge on any atom is 0.170 e. The molecule has 5 heteroatoms. The van der Waals surface area contributed by atoms with Gasteiger partial charge in [0.05, 0.1) is 0 Å². The standard InChI is InChI=1S/C16H25N3S2/c1-21-13-5-10-17-16(20)18-14-6-8-15(9-7-14)19-11-3-2-4-12-19/h6-9H,2-5,10-13H2,1H3,(H2,17,18,20). The summed E-state index contributed by atoms with van der Waals surface area (Å²) in [5.74, 6) is 1.17. The average Bonchev–Trinajstić information content (AvgIpc) is 2.53. The summed E-state index contributed by atoms with van der Waals surface area (Å²) < 4.78 is 0. The van der Waals surface area contributed by atoms with Crippen molar-refractivity contribution in [1.82, 2.24) is 5.32 Å². The van der Waals surface area contributed by atoms with Crippen LogP contribution in [0.2, 0.25) is 0 Å². The maximum atomic E-state index is 5.30. The van der Waals surface area contributed by atoms with E-state index in [4.69, 9.17) is 12.2 Å². The SMILES string of the molecule is CSCCCNC(=S)Nc1ccc(N2CCCCC2)cc1. The van der Waals surface area contributed by atoms with E-state index in [-0.39, 0.29) is 0 Å². The van der Waals surface area contributed by atoms with Gasteiger partial charge in [0.2, 0.25) is 0 Å². The summed E-state index contributed by atoms with van der Waals surface area (Å²) in [6.45, 7) is 3.29. The van der Waals surface area contributed by atoms with Crippen LogP contribution in [-0.4, -0.2) is 36.8 Å². The minimum absolute atomic E-state index is 0.710. The lowest BCUT2D eigenvalue weighted by molar-refractivity contribution is 0.578. The number of anilines is 2. The van der Waals surface area contributed by atoms with Gasteiger partial charge in [-0.05, 0) is 74.2 Å². The molecule has 0 aromatic heterocycles. The third-order valence-electron chi connectivity index (χ3n) is 3.66. The summed E-state index contributed by atoms with van der Waals surface area (Å²) in [6.07, 6.45) is 7.25. The summed E-state index contributed by atoms with van der Waals surface area (Å²) in [7, 11) is 0. The molecule has 0 atom stereocenters. The molecule has 0 bridgehead atoms. The Balaban J connectivity index is 1.77. The molecule has 1 saturated heterocycles. The second kappa shape index (κ2) is 9.15. The molecule has 0 saturated carbocycles. The van der Waals surface area contributed by atoms with Gasteiger partial charge in [0.25, 0.3) is 0 Å². The smallest absolute Gasteiger partial charge is 0.170 e. The van der Waals surface area contributed by atoms with Crippen LogP contribution in [0.15, 0.2) is 24.3 Å². The van der Waals surface area contributed by atoms with Crippen molar-refractivity contribution < 1.29 is 0 Å². The number of hydrogen-bond donors (Lipinski definition) is 2. The van der Waals surface area contributed by atoms with Crippen LogP contribution >= 0.6 is 24.0 Å². The van der Waals surface area contributed by atoms with Crippen molar-refractivity contribution in [2.24, 2.45) is 0 Å². The van der Waals surface area contributed by atoms with Crippen molar-refractivity contribution in [3.63, 3.8) is 0 Å². The molecule has 116 valence electrons. The van der Waals surface area contributed by atoms with E-state index in [2.05, 4.69) is 46.1 Å². The predicted molar refractivity (Wildman–Crippen MR) is 99.7 cm³/mol. The van der Waals surface area contributed by atoms with Gasteiger partial charge < -0.3 is 15.5 Å². The zero-order chi connectivity index (χ0) is 14.9. The number of nitrogens with zero attached hydrogens (tertiary/aromatic N) is 1. The third-order valence-corrected chi connectivity index (χ3v) is 4.60.